The van der Waals surface area contributed by atoms with E-state index in [1.807, 2.05) is 16.8 Å². The lowest BCUT2D eigenvalue weighted by atomic mass is 9.95. The summed E-state index contributed by atoms with van der Waals surface area (Å²) in [6.07, 6.45) is 4.58. The van der Waals surface area contributed by atoms with Gasteiger partial charge in [0.1, 0.15) is 0 Å². The SMILES string of the molecule is O=C(Cc1ccsc1)NC1CCC(Cl)CC1. The van der Waals surface area contributed by atoms with Crippen molar-refractivity contribution in [2.75, 3.05) is 0 Å². The standard InChI is InChI=1S/C12H16ClNOS/c13-10-1-3-11(4-2-10)14-12(15)7-9-5-6-16-8-9/h5-6,8,10-11H,1-4,7H2,(H,14,15). The Labute approximate surface area is 105 Å². The molecule has 1 fully saturated rings. The van der Waals surface area contributed by atoms with Gasteiger partial charge in [-0.2, -0.15) is 11.3 Å². The van der Waals surface area contributed by atoms with Crippen molar-refractivity contribution in [1.29, 1.82) is 0 Å². The Morgan fingerprint density at radius 1 is 1.44 bits per heavy atom. The van der Waals surface area contributed by atoms with Gasteiger partial charge in [0.05, 0.1) is 6.42 Å². The number of hydrogen-bond acceptors (Lipinski definition) is 2. The van der Waals surface area contributed by atoms with E-state index in [4.69, 9.17) is 11.6 Å². The largest absolute Gasteiger partial charge is 0.353 e. The molecule has 1 aliphatic rings. The highest BCUT2D eigenvalue weighted by Gasteiger charge is 2.20. The second-order valence-corrected chi connectivity index (χ2v) is 5.72. The van der Waals surface area contributed by atoms with Gasteiger partial charge < -0.3 is 5.32 Å². The number of nitrogens with one attached hydrogen (secondary N) is 1. The molecule has 1 aromatic rings. The minimum Gasteiger partial charge on any atom is -0.353 e. The number of rotatable bonds is 3. The highest BCUT2D eigenvalue weighted by Crippen LogP contribution is 2.22. The molecule has 1 aromatic heterocycles. The third-order valence-electron chi connectivity index (χ3n) is 2.97. The quantitative estimate of drug-likeness (QED) is 0.829. The van der Waals surface area contributed by atoms with Gasteiger partial charge in [-0.05, 0) is 48.1 Å². The van der Waals surface area contributed by atoms with Crippen LogP contribution >= 0.6 is 22.9 Å². The van der Waals surface area contributed by atoms with Gasteiger partial charge in [0, 0.05) is 11.4 Å². The highest BCUT2D eigenvalue weighted by atomic mass is 35.5. The maximum absolute atomic E-state index is 11.7. The smallest absolute Gasteiger partial charge is 0.224 e. The predicted octanol–water partition coefficient (Wildman–Crippen LogP) is 2.96. The summed E-state index contributed by atoms with van der Waals surface area (Å²) in [5, 5.41) is 7.42. The molecule has 1 aliphatic carbocycles. The fourth-order valence-corrected chi connectivity index (χ4v) is 2.98. The van der Waals surface area contributed by atoms with Crippen LogP contribution in [0.5, 0.6) is 0 Å². The first-order valence-electron chi connectivity index (χ1n) is 5.68. The van der Waals surface area contributed by atoms with E-state index >= 15 is 0 Å². The van der Waals surface area contributed by atoms with Crippen LogP contribution in [0.15, 0.2) is 16.8 Å². The molecule has 2 rings (SSSR count). The lowest BCUT2D eigenvalue weighted by Crippen LogP contribution is -2.38. The molecule has 0 radical (unpaired) electrons. The average Bonchev–Trinajstić information content (AvgIpc) is 2.74. The Morgan fingerprint density at radius 3 is 2.81 bits per heavy atom. The molecule has 88 valence electrons. The number of thiophene rings is 1. The van der Waals surface area contributed by atoms with Gasteiger partial charge in [-0.1, -0.05) is 0 Å². The molecular formula is C12H16ClNOS. The lowest BCUT2D eigenvalue weighted by molar-refractivity contribution is -0.121. The van der Waals surface area contributed by atoms with Crippen molar-refractivity contribution in [3.8, 4) is 0 Å². The summed E-state index contributed by atoms with van der Waals surface area (Å²) >= 11 is 7.65. The van der Waals surface area contributed by atoms with Crippen LogP contribution < -0.4 is 5.32 Å². The van der Waals surface area contributed by atoms with Gasteiger partial charge in [0.2, 0.25) is 5.91 Å². The maximum atomic E-state index is 11.7. The molecule has 0 bridgehead atoms. The zero-order chi connectivity index (χ0) is 11.4. The van der Waals surface area contributed by atoms with E-state index in [0.29, 0.717) is 17.8 Å². The van der Waals surface area contributed by atoms with Gasteiger partial charge in [-0.3, -0.25) is 4.79 Å². The van der Waals surface area contributed by atoms with Crippen LogP contribution in [0.1, 0.15) is 31.2 Å². The van der Waals surface area contributed by atoms with E-state index in [1.54, 1.807) is 11.3 Å². The van der Waals surface area contributed by atoms with Crippen molar-refractivity contribution in [1.82, 2.24) is 5.32 Å². The van der Waals surface area contributed by atoms with E-state index < -0.39 is 0 Å². The fourth-order valence-electron chi connectivity index (χ4n) is 2.05. The van der Waals surface area contributed by atoms with Crippen molar-refractivity contribution in [3.05, 3.63) is 22.4 Å². The summed E-state index contributed by atoms with van der Waals surface area (Å²) in [4.78, 5) is 11.7. The number of carbonyl (C=O) groups excluding carboxylic acids is 1. The molecule has 1 N–H and O–H groups in total. The Bertz CT molecular complexity index is 331. The van der Waals surface area contributed by atoms with E-state index in [9.17, 15) is 4.79 Å². The Balaban J connectivity index is 1.75. The first kappa shape index (κ1) is 11.9. The summed E-state index contributed by atoms with van der Waals surface area (Å²) < 4.78 is 0. The van der Waals surface area contributed by atoms with Crippen LogP contribution in [0.4, 0.5) is 0 Å². The summed E-state index contributed by atoms with van der Waals surface area (Å²) in [5.74, 6) is 0.136. The maximum Gasteiger partial charge on any atom is 0.224 e. The molecular weight excluding hydrogens is 242 g/mol. The van der Waals surface area contributed by atoms with Crippen molar-refractivity contribution >= 4 is 28.8 Å². The fraction of sp³-hybridized carbons (Fsp3) is 0.583. The first-order valence-corrected chi connectivity index (χ1v) is 7.06. The summed E-state index contributed by atoms with van der Waals surface area (Å²) in [5.41, 5.74) is 1.11. The van der Waals surface area contributed by atoms with Crippen molar-refractivity contribution in [3.63, 3.8) is 0 Å². The molecule has 0 saturated heterocycles. The molecule has 1 heterocycles. The predicted molar refractivity (Wildman–Crippen MR) is 68.1 cm³/mol. The van der Waals surface area contributed by atoms with Crippen LogP contribution in [-0.4, -0.2) is 17.3 Å². The van der Waals surface area contributed by atoms with Gasteiger partial charge in [-0.15, -0.1) is 11.6 Å². The molecule has 16 heavy (non-hydrogen) atoms. The van der Waals surface area contributed by atoms with E-state index in [2.05, 4.69) is 5.32 Å². The number of alkyl halides is 1. The molecule has 1 amide bonds. The minimum absolute atomic E-state index is 0.136. The van der Waals surface area contributed by atoms with Crippen LogP contribution in [0, 0.1) is 0 Å². The summed E-state index contributed by atoms with van der Waals surface area (Å²) in [6, 6.07) is 2.33. The first-order chi connectivity index (χ1) is 7.74. The molecule has 0 aliphatic heterocycles. The number of halogens is 1. The number of amides is 1. The Morgan fingerprint density at radius 2 is 2.19 bits per heavy atom. The lowest BCUT2D eigenvalue weighted by Gasteiger charge is -2.25. The molecule has 4 heteroatoms. The summed E-state index contributed by atoms with van der Waals surface area (Å²) in [7, 11) is 0. The Kier molecular flexibility index (Phi) is 4.24. The van der Waals surface area contributed by atoms with Crippen LogP contribution in [0.25, 0.3) is 0 Å². The highest BCUT2D eigenvalue weighted by molar-refractivity contribution is 7.07. The monoisotopic (exact) mass is 257 g/mol. The number of carbonyl (C=O) groups is 1. The zero-order valence-corrected chi connectivity index (χ0v) is 10.7. The van der Waals surface area contributed by atoms with Crippen molar-refractivity contribution < 1.29 is 4.79 Å². The van der Waals surface area contributed by atoms with E-state index in [1.165, 1.54) is 0 Å². The summed E-state index contributed by atoms with van der Waals surface area (Å²) in [6.45, 7) is 0. The van der Waals surface area contributed by atoms with Crippen molar-refractivity contribution in [2.45, 2.75) is 43.5 Å². The second-order valence-electron chi connectivity index (χ2n) is 4.32. The van der Waals surface area contributed by atoms with Crippen LogP contribution in [-0.2, 0) is 11.2 Å². The average molecular weight is 258 g/mol. The molecule has 0 spiro atoms. The topological polar surface area (TPSA) is 29.1 Å². The Hall–Kier alpha value is -0.540. The van der Waals surface area contributed by atoms with Crippen LogP contribution in [0.3, 0.4) is 0 Å². The third kappa shape index (κ3) is 3.49. The normalized spacial score (nSPS) is 25.3. The molecule has 0 unspecified atom stereocenters. The van der Waals surface area contributed by atoms with Gasteiger partial charge in [-0.25, -0.2) is 0 Å². The molecule has 1 saturated carbocycles. The van der Waals surface area contributed by atoms with Gasteiger partial charge in [0.25, 0.3) is 0 Å². The van der Waals surface area contributed by atoms with E-state index in [-0.39, 0.29) is 5.91 Å². The van der Waals surface area contributed by atoms with Crippen molar-refractivity contribution in [2.24, 2.45) is 0 Å². The van der Waals surface area contributed by atoms with Gasteiger partial charge >= 0.3 is 0 Å². The number of hydrogen-bond donors (Lipinski definition) is 1. The molecule has 0 aromatic carbocycles. The van der Waals surface area contributed by atoms with Crippen LogP contribution in [0.2, 0.25) is 0 Å². The minimum atomic E-state index is 0.136. The molecule has 2 nitrogen and oxygen atoms in total. The van der Waals surface area contributed by atoms with E-state index in [0.717, 1.165) is 31.2 Å². The second kappa shape index (κ2) is 5.69. The third-order valence-corrected chi connectivity index (χ3v) is 4.14. The zero-order valence-electron chi connectivity index (χ0n) is 9.12. The molecule has 0 atom stereocenters. The van der Waals surface area contributed by atoms with Gasteiger partial charge in [0.15, 0.2) is 0 Å².